The SMILES string of the molecule is CNC(=O)C(C)(C)CNC(C)c1ccc(C)o1. The Hall–Kier alpha value is -1.29. The zero-order valence-corrected chi connectivity index (χ0v) is 11.3. The molecule has 0 aliphatic heterocycles. The third-order valence-electron chi connectivity index (χ3n) is 2.88. The molecule has 0 aliphatic rings. The molecule has 1 unspecified atom stereocenters. The smallest absolute Gasteiger partial charge is 0.226 e. The standard InChI is InChI=1S/C13H22N2O2/c1-9-6-7-11(17-9)10(2)15-8-13(3,4)12(16)14-5/h6-7,10,15H,8H2,1-5H3,(H,14,16). The highest BCUT2D eigenvalue weighted by molar-refractivity contribution is 5.81. The van der Waals surface area contributed by atoms with E-state index in [9.17, 15) is 4.79 Å². The fourth-order valence-corrected chi connectivity index (χ4v) is 1.61. The first-order valence-corrected chi connectivity index (χ1v) is 5.88. The fraction of sp³-hybridized carbons (Fsp3) is 0.615. The first kappa shape index (κ1) is 13.8. The predicted molar refractivity (Wildman–Crippen MR) is 67.7 cm³/mol. The maximum absolute atomic E-state index is 11.6. The molecule has 4 nitrogen and oxygen atoms in total. The normalized spacial score (nSPS) is 13.5. The molecule has 1 aromatic heterocycles. The molecule has 0 fully saturated rings. The highest BCUT2D eigenvalue weighted by Crippen LogP contribution is 2.19. The van der Waals surface area contributed by atoms with Gasteiger partial charge in [0.1, 0.15) is 11.5 Å². The van der Waals surface area contributed by atoms with E-state index in [1.165, 1.54) is 0 Å². The minimum absolute atomic E-state index is 0.0350. The van der Waals surface area contributed by atoms with Crippen LogP contribution in [0.2, 0.25) is 0 Å². The summed E-state index contributed by atoms with van der Waals surface area (Å²) >= 11 is 0. The lowest BCUT2D eigenvalue weighted by Gasteiger charge is -2.24. The Balaban J connectivity index is 2.53. The Bertz CT molecular complexity index is 383. The molecule has 0 saturated heterocycles. The quantitative estimate of drug-likeness (QED) is 0.825. The molecule has 0 bridgehead atoms. The maximum atomic E-state index is 11.6. The van der Waals surface area contributed by atoms with E-state index in [4.69, 9.17) is 4.42 Å². The van der Waals surface area contributed by atoms with Gasteiger partial charge in [-0.3, -0.25) is 4.79 Å². The lowest BCUT2D eigenvalue weighted by molar-refractivity contribution is -0.128. The summed E-state index contributed by atoms with van der Waals surface area (Å²) < 4.78 is 5.53. The molecule has 2 N–H and O–H groups in total. The molecule has 0 aromatic carbocycles. The molecular weight excluding hydrogens is 216 g/mol. The third kappa shape index (κ3) is 3.60. The van der Waals surface area contributed by atoms with E-state index >= 15 is 0 Å². The van der Waals surface area contributed by atoms with Crippen molar-refractivity contribution in [2.45, 2.75) is 33.7 Å². The van der Waals surface area contributed by atoms with Gasteiger partial charge < -0.3 is 15.1 Å². The summed E-state index contributed by atoms with van der Waals surface area (Å²) in [4.78, 5) is 11.6. The number of hydrogen-bond acceptors (Lipinski definition) is 3. The topological polar surface area (TPSA) is 54.3 Å². The van der Waals surface area contributed by atoms with Crippen LogP contribution in [0, 0.1) is 12.3 Å². The molecule has 0 radical (unpaired) electrons. The zero-order valence-electron chi connectivity index (χ0n) is 11.3. The maximum Gasteiger partial charge on any atom is 0.226 e. The first-order chi connectivity index (χ1) is 7.86. The van der Waals surface area contributed by atoms with Crippen molar-refractivity contribution in [3.05, 3.63) is 23.7 Å². The molecule has 1 heterocycles. The molecule has 1 aromatic rings. The van der Waals surface area contributed by atoms with Crippen molar-refractivity contribution in [2.75, 3.05) is 13.6 Å². The molecular formula is C13H22N2O2. The van der Waals surface area contributed by atoms with Gasteiger partial charge in [-0.25, -0.2) is 0 Å². The minimum atomic E-state index is -0.426. The van der Waals surface area contributed by atoms with Gasteiger partial charge in [0.2, 0.25) is 5.91 Å². The number of nitrogens with one attached hydrogen (secondary N) is 2. The van der Waals surface area contributed by atoms with Crippen molar-refractivity contribution in [1.82, 2.24) is 10.6 Å². The van der Waals surface area contributed by atoms with Crippen LogP contribution in [0.1, 0.15) is 38.3 Å². The van der Waals surface area contributed by atoms with Gasteiger partial charge in [0, 0.05) is 13.6 Å². The van der Waals surface area contributed by atoms with Crippen LogP contribution in [0.3, 0.4) is 0 Å². The molecule has 1 atom stereocenters. The number of amides is 1. The van der Waals surface area contributed by atoms with Crippen LogP contribution in [0.5, 0.6) is 0 Å². The monoisotopic (exact) mass is 238 g/mol. The molecule has 96 valence electrons. The van der Waals surface area contributed by atoms with Crippen molar-refractivity contribution in [3.8, 4) is 0 Å². The van der Waals surface area contributed by atoms with Crippen molar-refractivity contribution in [1.29, 1.82) is 0 Å². The summed E-state index contributed by atoms with van der Waals surface area (Å²) in [6, 6.07) is 4.00. The predicted octanol–water partition coefficient (Wildman–Crippen LogP) is 2.01. The van der Waals surface area contributed by atoms with E-state index < -0.39 is 5.41 Å². The summed E-state index contributed by atoms with van der Waals surface area (Å²) in [5, 5.41) is 5.98. The van der Waals surface area contributed by atoms with Gasteiger partial charge >= 0.3 is 0 Å². The second-order valence-electron chi connectivity index (χ2n) is 5.01. The van der Waals surface area contributed by atoms with E-state index in [0.717, 1.165) is 11.5 Å². The second kappa shape index (κ2) is 5.36. The van der Waals surface area contributed by atoms with Crippen LogP contribution >= 0.6 is 0 Å². The number of carbonyl (C=O) groups is 1. The molecule has 1 rings (SSSR count). The van der Waals surface area contributed by atoms with Crippen LogP contribution in [0.25, 0.3) is 0 Å². The van der Waals surface area contributed by atoms with E-state index in [2.05, 4.69) is 10.6 Å². The molecule has 17 heavy (non-hydrogen) atoms. The third-order valence-corrected chi connectivity index (χ3v) is 2.88. The van der Waals surface area contributed by atoms with Crippen LogP contribution < -0.4 is 10.6 Å². The Morgan fingerprint density at radius 1 is 1.47 bits per heavy atom. The van der Waals surface area contributed by atoms with Crippen LogP contribution in [0.4, 0.5) is 0 Å². The van der Waals surface area contributed by atoms with Crippen LogP contribution in [-0.2, 0) is 4.79 Å². The van der Waals surface area contributed by atoms with Crippen LogP contribution in [0.15, 0.2) is 16.5 Å². The number of rotatable bonds is 5. The zero-order chi connectivity index (χ0) is 13.1. The molecule has 0 spiro atoms. The van der Waals surface area contributed by atoms with Crippen molar-refractivity contribution >= 4 is 5.91 Å². The van der Waals surface area contributed by atoms with Gasteiger partial charge in [-0.15, -0.1) is 0 Å². The van der Waals surface area contributed by atoms with Gasteiger partial charge in [-0.2, -0.15) is 0 Å². The molecule has 1 amide bonds. The van der Waals surface area contributed by atoms with Crippen molar-refractivity contribution in [3.63, 3.8) is 0 Å². The average molecular weight is 238 g/mol. The minimum Gasteiger partial charge on any atom is -0.465 e. The largest absolute Gasteiger partial charge is 0.465 e. The summed E-state index contributed by atoms with van der Waals surface area (Å²) in [5.41, 5.74) is -0.426. The Labute approximate surface area is 103 Å². The number of hydrogen-bond donors (Lipinski definition) is 2. The van der Waals surface area contributed by atoms with Gasteiger partial charge in [-0.05, 0) is 39.8 Å². The molecule has 0 aliphatic carbocycles. The number of aryl methyl sites for hydroxylation is 1. The Morgan fingerprint density at radius 2 is 2.12 bits per heavy atom. The van der Waals surface area contributed by atoms with Crippen LogP contribution in [-0.4, -0.2) is 19.5 Å². The van der Waals surface area contributed by atoms with Gasteiger partial charge in [0.25, 0.3) is 0 Å². The molecule has 4 heteroatoms. The lowest BCUT2D eigenvalue weighted by Crippen LogP contribution is -2.42. The van der Waals surface area contributed by atoms with Gasteiger partial charge in [0.05, 0.1) is 11.5 Å². The summed E-state index contributed by atoms with van der Waals surface area (Å²) in [5.74, 6) is 1.84. The molecule has 0 saturated carbocycles. The number of furan rings is 1. The van der Waals surface area contributed by atoms with Crippen molar-refractivity contribution < 1.29 is 9.21 Å². The second-order valence-corrected chi connectivity index (χ2v) is 5.01. The highest BCUT2D eigenvalue weighted by atomic mass is 16.3. The van der Waals surface area contributed by atoms with E-state index in [1.54, 1.807) is 7.05 Å². The van der Waals surface area contributed by atoms with Gasteiger partial charge in [0.15, 0.2) is 0 Å². The van der Waals surface area contributed by atoms with E-state index in [-0.39, 0.29) is 11.9 Å². The highest BCUT2D eigenvalue weighted by Gasteiger charge is 2.27. The summed E-state index contributed by atoms with van der Waals surface area (Å²) in [6.07, 6.45) is 0. The number of carbonyl (C=O) groups excluding carboxylic acids is 1. The Kier molecular flexibility index (Phi) is 4.34. The first-order valence-electron chi connectivity index (χ1n) is 5.88. The Morgan fingerprint density at radius 3 is 2.59 bits per heavy atom. The average Bonchev–Trinajstić information content (AvgIpc) is 2.71. The van der Waals surface area contributed by atoms with Gasteiger partial charge in [-0.1, -0.05) is 0 Å². The summed E-state index contributed by atoms with van der Waals surface area (Å²) in [7, 11) is 1.66. The van der Waals surface area contributed by atoms with E-state index in [0.29, 0.717) is 6.54 Å². The van der Waals surface area contributed by atoms with E-state index in [1.807, 2.05) is 39.8 Å². The lowest BCUT2D eigenvalue weighted by atomic mass is 9.92. The van der Waals surface area contributed by atoms with Crippen molar-refractivity contribution in [2.24, 2.45) is 5.41 Å². The fourth-order valence-electron chi connectivity index (χ4n) is 1.61. The summed E-state index contributed by atoms with van der Waals surface area (Å²) in [6.45, 7) is 8.38.